The predicted octanol–water partition coefficient (Wildman–Crippen LogP) is 10.2. The Morgan fingerprint density at radius 1 is 0.823 bits per heavy atom. The number of carbonyl (C=O) groups is 2. The average molecular weight is 880 g/mol. The second-order valence-electron chi connectivity index (χ2n) is 21.3. The number of rotatable bonds is 9. The van der Waals surface area contributed by atoms with Gasteiger partial charge < -0.3 is 15.7 Å². The summed E-state index contributed by atoms with van der Waals surface area (Å²) >= 11 is 0. The van der Waals surface area contributed by atoms with Crippen molar-refractivity contribution < 1.29 is 37.0 Å². The summed E-state index contributed by atoms with van der Waals surface area (Å²) in [7, 11) is -2.49. The number of nitrogens with one attached hydrogen (secondary N) is 2. The summed E-state index contributed by atoms with van der Waals surface area (Å²) in [6, 6.07) is 12.8. The highest BCUT2D eigenvalue weighted by Crippen LogP contribution is 2.76. The molecule has 0 bridgehead atoms. The van der Waals surface area contributed by atoms with Crippen LogP contribution in [0.25, 0.3) is 5.57 Å². The smallest absolute Gasteiger partial charge is 0.442 e. The molecule has 2 aromatic rings. The van der Waals surface area contributed by atoms with E-state index in [-0.39, 0.29) is 50.6 Å². The molecule has 0 unspecified atom stereocenters. The van der Waals surface area contributed by atoms with Crippen LogP contribution < -0.4 is 10.6 Å². The predicted molar refractivity (Wildman–Crippen MR) is 235 cm³/mol. The Labute approximate surface area is 365 Å². The number of nitrogens with zero attached hydrogens (tertiary/aromatic N) is 3. The lowest BCUT2D eigenvalue weighted by Crippen LogP contribution is -2.69. The van der Waals surface area contributed by atoms with Gasteiger partial charge in [-0.2, -0.15) is 23.8 Å². The summed E-state index contributed by atoms with van der Waals surface area (Å²) in [5.41, 5.74) is 0.215. The van der Waals surface area contributed by atoms with E-state index >= 15 is 0 Å². The molecule has 2 aromatic carbocycles. The number of hydrogen-bond acceptors (Lipinski definition) is 8. The molecule has 14 heteroatoms. The number of hydrogen-bond donors (Lipinski definition) is 5. The number of carboxylic acids is 1. The van der Waals surface area contributed by atoms with Crippen LogP contribution in [0.4, 0.5) is 13.2 Å². The van der Waals surface area contributed by atoms with Crippen molar-refractivity contribution in [2.45, 2.75) is 116 Å². The van der Waals surface area contributed by atoms with Crippen LogP contribution in [0.5, 0.6) is 0 Å². The highest BCUT2D eigenvalue weighted by molar-refractivity contribution is 8.24. The highest BCUT2D eigenvalue weighted by Gasteiger charge is 2.71. The Kier molecular flexibility index (Phi) is 10.5. The lowest BCUT2D eigenvalue weighted by atomic mass is 9.33. The molecule has 5 fully saturated rings. The van der Waals surface area contributed by atoms with Gasteiger partial charge in [0, 0.05) is 54.8 Å². The maximum Gasteiger partial charge on any atom is 0.442 e. The fourth-order valence-electron chi connectivity index (χ4n) is 15.0. The van der Waals surface area contributed by atoms with Gasteiger partial charge in [0.2, 0.25) is 0 Å². The first-order valence-corrected chi connectivity index (χ1v) is 24.7. The summed E-state index contributed by atoms with van der Waals surface area (Å²) < 4.78 is 61.7. The Morgan fingerprint density at radius 2 is 1.48 bits per heavy atom. The molecule has 0 aromatic heterocycles. The maximum absolute atomic E-state index is 14.1. The van der Waals surface area contributed by atoms with E-state index in [1.165, 1.54) is 29.8 Å². The standard InChI is InChI=1S/C48H64F3N5O5S/c1-42(2)34(30-6-8-32(9-7-30)41(58)59)16-19-43(3)37(42)18-20-45(5)38(43)15-14-35-39-36(53-40(57)31-10-12-33(13-11-31)47(54-55-47)48(49,50)51)17-21-46(39,23-22-44(35,45)4)52-24-25-56-26-28-62(60,61)29-27-56/h6-13,16,35-39,52,60-61H,14-15,17-29H2,1-5H3,(H,53,57)(H,58,59)/t35-,36-,37+,38-,39+,43+,44-,45-,46+/m1/s1. The molecular weight excluding hydrogens is 816 g/mol. The van der Waals surface area contributed by atoms with E-state index in [4.69, 9.17) is 0 Å². The fraction of sp³-hybridized carbons (Fsp3) is 0.667. The SMILES string of the molecule is CC1(C)C(c2ccc(C(=O)O)cc2)=CC[C@]2(C)[C@H]3CC[C@@H]4[C@H]5[C@H](NC(=O)c6ccc(C7(C(F)(F)F)N=N7)cc6)CC[C@]5(NCCN5CCS(O)(O)CC5)CC[C@@]4(C)[C@]3(C)CC[C@@H]12. The number of halogens is 3. The zero-order chi connectivity index (χ0) is 44.3. The lowest BCUT2D eigenvalue weighted by Gasteiger charge is -2.72. The van der Waals surface area contributed by atoms with Crippen LogP contribution in [-0.2, 0) is 5.66 Å². The van der Waals surface area contributed by atoms with Crippen LogP contribution in [0.1, 0.15) is 124 Å². The van der Waals surface area contributed by atoms with Crippen molar-refractivity contribution in [3.8, 4) is 0 Å². The van der Waals surface area contributed by atoms with Crippen molar-refractivity contribution >= 4 is 28.0 Å². The first-order valence-electron chi connectivity index (χ1n) is 22.8. The maximum atomic E-state index is 14.1. The highest BCUT2D eigenvalue weighted by atomic mass is 32.3. The van der Waals surface area contributed by atoms with Gasteiger partial charge in [-0.25, -0.2) is 4.79 Å². The van der Waals surface area contributed by atoms with Gasteiger partial charge in [0.05, 0.1) is 17.1 Å². The molecule has 7 aliphatic rings. The summed E-state index contributed by atoms with van der Waals surface area (Å²) in [5, 5.41) is 23.8. The molecule has 9 rings (SSSR count). The zero-order valence-corrected chi connectivity index (χ0v) is 37.5. The minimum absolute atomic E-state index is 0.0000859. The van der Waals surface area contributed by atoms with Crippen molar-refractivity contribution in [3.63, 3.8) is 0 Å². The molecule has 62 heavy (non-hydrogen) atoms. The van der Waals surface area contributed by atoms with Crippen molar-refractivity contribution in [1.82, 2.24) is 15.5 Å². The minimum Gasteiger partial charge on any atom is -0.478 e. The van der Waals surface area contributed by atoms with E-state index in [9.17, 15) is 37.0 Å². The van der Waals surface area contributed by atoms with Crippen molar-refractivity contribution in [1.29, 1.82) is 0 Å². The van der Waals surface area contributed by atoms with E-state index in [2.05, 4.69) is 66.5 Å². The van der Waals surface area contributed by atoms with Gasteiger partial charge in [-0.3, -0.25) is 18.8 Å². The van der Waals surface area contributed by atoms with Crippen LogP contribution in [-0.4, -0.2) is 86.4 Å². The summed E-state index contributed by atoms with van der Waals surface area (Å²) in [5.74, 6) is 1.05. The van der Waals surface area contributed by atoms with Crippen molar-refractivity contribution in [2.24, 2.45) is 55.6 Å². The van der Waals surface area contributed by atoms with Crippen molar-refractivity contribution in [3.05, 3.63) is 76.9 Å². The van der Waals surface area contributed by atoms with Crippen LogP contribution in [0, 0.1) is 45.3 Å². The first kappa shape index (κ1) is 43.9. The Morgan fingerprint density at radius 3 is 2.11 bits per heavy atom. The van der Waals surface area contributed by atoms with Gasteiger partial charge in [0.15, 0.2) is 0 Å². The molecule has 0 spiro atoms. The third-order valence-electron chi connectivity index (χ3n) is 18.4. The molecule has 4 saturated carbocycles. The quantitative estimate of drug-likeness (QED) is 0.169. The number of allylic oxidation sites excluding steroid dienone is 2. The Balaban J connectivity index is 0.989. The van der Waals surface area contributed by atoms with Gasteiger partial charge in [-0.05, 0) is 133 Å². The van der Waals surface area contributed by atoms with Gasteiger partial charge in [0.1, 0.15) is 0 Å². The van der Waals surface area contributed by atoms with Crippen LogP contribution in [0.15, 0.2) is 64.8 Å². The van der Waals surface area contributed by atoms with Crippen LogP contribution in [0.3, 0.4) is 0 Å². The number of carboxylic acid groups (broad SMARTS) is 1. The lowest BCUT2D eigenvalue weighted by molar-refractivity contribution is -0.218. The third kappa shape index (κ3) is 6.81. The fourth-order valence-corrected chi connectivity index (χ4v) is 16.3. The second-order valence-corrected chi connectivity index (χ2v) is 23.7. The summed E-state index contributed by atoms with van der Waals surface area (Å²) in [6.07, 6.45) is 6.96. The molecule has 1 saturated heterocycles. The number of alkyl halides is 3. The molecule has 5 N–H and O–H groups in total. The molecule has 1 amide bonds. The molecule has 0 radical (unpaired) electrons. The zero-order valence-electron chi connectivity index (χ0n) is 36.7. The molecule has 338 valence electrons. The monoisotopic (exact) mass is 879 g/mol. The first-order chi connectivity index (χ1) is 29.1. The third-order valence-corrected chi connectivity index (χ3v) is 20.1. The molecule has 5 aliphatic carbocycles. The van der Waals surface area contributed by atoms with E-state index in [1.54, 1.807) is 12.1 Å². The Bertz CT molecular complexity index is 2150. The number of aromatic carboxylic acids is 1. The van der Waals surface area contributed by atoms with E-state index in [1.807, 2.05) is 12.1 Å². The molecular formula is C48H64F3N5O5S. The van der Waals surface area contributed by atoms with E-state index < -0.39 is 28.4 Å². The van der Waals surface area contributed by atoms with E-state index in [0.29, 0.717) is 53.5 Å². The largest absolute Gasteiger partial charge is 0.478 e. The average Bonchev–Trinajstić information content (AvgIpc) is 3.97. The number of fused-ring (bicyclic) bond motifs is 7. The van der Waals surface area contributed by atoms with Crippen LogP contribution >= 0.6 is 10.6 Å². The molecule has 9 atom stereocenters. The normalized spacial score (nSPS) is 38.4. The van der Waals surface area contributed by atoms with Gasteiger partial charge in [-0.15, -0.1) is 10.2 Å². The second kappa shape index (κ2) is 14.9. The van der Waals surface area contributed by atoms with Gasteiger partial charge in [-0.1, -0.05) is 65.0 Å². The topological polar surface area (TPSA) is 147 Å². The summed E-state index contributed by atoms with van der Waals surface area (Å²) in [4.78, 5) is 28.1. The van der Waals surface area contributed by atoms with Gasteiger partial charge >= 0.3 is 17.8 Å². The molecule has 2 aliphatic heterocycles. The minimum atomic E-state index is -4.64. The van der Waals surface area contributed by atoms with E-state index in [0.717, 1.165) is 76.4 Å². The number of benzene rings is 2. The Hall–Kier alpha value is -3.30. The number of amides is 1. The van der Waals surface area contributed by atoms with Gasteiger partial charge in [0.25, 0.3) is 5.91 Å². The molecule has 2 heterocycles. The number of carbonyl (C=O) groups excluding carboxylic acids is 1. The molecule has 10 nitrogen and oxygen atoms in total. The van der Waals surface area contributed by atoms with Crippen molar-refractivity contribution in [2.75, 3.05) is 37.7 Å². The summed E-state index contributed by atoms with van der Waals surface area (Å²) in [6.45, 7) is 15.4. The van der Waals surface area contributed by atoms with Crippen LogP contribution in [0.2, 0.25) is 0 Å².